The van der Waals surface area contributed by atoms with Crippen molar-refractivity contribution in [2.45, 2.75) is 58.5 Å². The highest BCUT2D eigenvalue weighted by atomic mass is 32.2. The van der Waals surface area contributed by atoms with Crippen LogP contribution in [0.3, 0.4) is 0 Å². The van der Waals surface area contributed by atoms with E-state index in [1.54, 1.807) is 55.5 Å². The predicted molar refractivity (Wildman–Crippen MR) is 188 cm³/mol. The minimum atomic E-state index is -3.82. The zero-order chi connectivity index (χ0) is 34.1. The Kier molecular flexibility index (Phi) is 15.6. The first-order valence-electron chi connectivity index (χ1n) is 15.1. The highest BCUT2D eigenvalue weighted by molar-refractivity contribution is 7.93. The van der Waals surface area contributed by atoms with E-state index in [9.17, 15) is 18.4 Å². The molecule has 1 amide bonds. The van der Waals surface area contributed by atoms with Crippen LogP contribution in [-0.4, -0.2) is 38.7 Å². The quantitative estimate of drug-likeness (QED) is 0.105. The molecule has 0 fully saturated rings. The molecule has 1 heterocycles. The maximum absolute atomic E-state index is 13.1. The van der Waals surface area contributed by atoms with E-state index in [1.807, 2.05) is 43.6 Å². The van der Waals surface area contributed by atoms with Crippen molar-refractivity contribution in [3.8, 4) is 0 Å². The molecule has 1 unspecified atom stereocenters. The van der Waals surface area contributed by atoms with Crippen LogP contribution in [0, 0.1) is 0 Å². The maximum atomic E-state index is 13.1. The number of carbonyl (C=O) groups is 1. The van der Waals surface area contributed by atoms with Crippen molar-refractivity contribution in [3.05, 3.63) is 115 Å². The van der Waals surface area contributed by atoms with E-state index in [-0.39, 0.29) is 11.0 Å². The van der Waals surface area contributed by atoms with Crippen LogP contribution in [0.15, 0.2) is 108 Å². The SMILES string of the molecule is C/C=C(\C)c1ccncc1.C=C(C)NC=O.CCCOC(CC)c1ccc(NS(=O)(=O)c2cccc3c(N(C)O)cccc23)cc1. The average molecular weight is 647 g/mol. The van der Waals surface area contributed by atoms with Crippen molar-refractivity contribution < 1.29 is 23.2 Å². The maximum Gasteiger partial charge on any atom is 0.262 e. The molecule has 0 bridgehead atoms. The van der Waals surface area contributed by atoms with Gasteiger partial charge in [0.05, 0.1) is 16.7 Å². The Morgan fingerprint density at radius 3 is 2.15 bits per heavy atom. The monoisotopic (exact) mass is 646 g/mol. The Hall–Kier alpha value is -4.51. The van der Waals surface area contributed by atoms with Crippen molar-refractivity contribution in [2.75, 3.05) is 23.4 Å². The largest absolute Gasteiger partial charge is 0.374 e. The molecule has 9 nitrogen and oxygen atoms in total. The molecule has 46 heavy (non-hydrogen) atoms. The molecule has 1 atom stereocenters. The number of pyridine rings is 1. The number of sulfonamides is 1. The first-order valence-corrected chi connectivity index (χ1v) is 16.5. The van der Waals surface area contributed by atoms with Crippen molar-refractivity contribution in [1.29, 1.82) is 0 Å². The van der Waals surface area contributed by atoms with Gasteiger partial charge in [-0.1, -0.05) is 62.9 Å². The zero-order valence-corrected chi connectivity index (χ0v) is 28.3. The van der Waals surface area contributed by atoms with Crippen LogP contribution in [-0.2, 0) is 19.6 Å². The van der Waals surface area contributed by atoms with Crippen molar-refractivity contribution in [2.24, 2.45) is 0 Å². The molecule has 0 aliphatic rings. The van der Waals surface area contributed by atoms with Gasteiger partial charge in [-0.3, -0.25) is 24.8 Å². The minimum Gasteiger partial charge on any atom is -0.374 e. The molecule has 0 aliphatic heterocycles. The molecule has 0 saturated carbocycles. The summed E-state index contributed by atoms with van der Waals surface area (Å²) in [6, 6.07) is 21.5. The number of carbonyl (C=O) groups excluding carboxylic acids is 1. The van der Waals surface area contributed by atoms with E-state index in [2.05, 4.69) is 48.4 Å². The lowest BCUT2D eigenvalue weighted by Crippen LogP contribution is -2.14. The third kappa shape index (κ3) is 11.4. The number of nitrogens with one attached hydrogen (secondary N) is 2. The Morgan fingerprint density at radius 1 is 1.00 bits per heavy atom. The molecular weight excluding hydrogens is 600 g/mol. The van der Waals surface area contributed by atoms with Gasteiger partial charge >= 0.3 is 0 Å². The Balaban J connectivity index is 0.000000376. The number of benzene rings is 3. The van der Waals surface area contributed by atoms with Gasteiger partial charge in [-0.25, -0.2) is 8.42 Å². The van der Waals surface area contributed by atoms with Crippen LogP contribution in [0.5, 0.6) is 0 Å². The van der Waals surface area contributed by atoms with Crippen molar-refractivity contribution in [1.82, 2.24) is 10.3 Å². The van der Waals surface area contributed by atoms with Crippen molar-refractivity contribution >= 4 is 44.2 Å². The lowest BCUT2D eigenvalue weighted by Gasteiger charge is -2.17. The number of ether oxygens (including phenoxy) is 1. The highest BCUT2D eigenvalue weighted by Crippen LogP contribution is 2.31. The third-order valence-corrected chi connectivity index (χ3v) is 8.24. The Morgan fingerprint density at radius 2 is 1.63 bits per heavy atom. The van der Waals surface area contributed by atoms with Crippen LogP contribution >= 0.6 is 0 Å². The molecule has 0 radical (unpaired) electrons. The molecule has 3 aromatic carbocycles. The van der Waals surface area contributed by atoms with Gasteiger partial charge in [-0.2, -0.15) is 0 Å². The normalized spacial score (nSPS) is 11.7. The third-order valence-electron chi connectivity index (χ3n) is 6.80. The number of hydrogen-bond acceptors (Lipinski definition) is 7. The van der Waals surface area contributed by atoms with E-state index in [0.29, 0.717) is 40.9 Å². The number of nitrogens with zero attached hydrogens (tertiary/aromatic N) is 2. The molecule has 0 saturated heterocycles. The second kappa shape index (κ2) is 19.1. The van der Waals surface area contributed by atoms with E-state index < -0.39 is 10.0 Å². The van der Waals surface area contributed by atoms with Gasteiger partial charge in [0.15, 0.2) is 0 Å². The summed E-state index contributed by atoms with van der Waals surface area (Å²) in [7, 11) is -2.31. The number of allylic oxidation sites excluding steroid dienone is 3. The fraction of sp³-hybridized carbons (Fsp3) is 0.278. The van der Waals surface area contributed by atoms with E-state index in [1.165, 1.54) is 18.2 Å². The number of hydrogen-bond donors (Lipinski definition) is 3. The first-order chi connectivity index (χ1) is 22.0. The summed E-state index contributed by atoms with van der Waals surface area (Å²) in [5, 5.41) is 14.4. The summed E-state index contributed by atoms with van der Waals surface area (Å²) in [4.78, 5) is 13.5. The summed E-state index contributed by atoms with van der Waals surface area (Å²) in [6.07, 6.45) is 8.11. The smallest absolute Gasteiger partial charge is 0.262 e. The molecule has 4 rings (SSSR count). The number of hydroxylamine groups is 1. The van der Waals surface area contributed by atoms with Crippen molar-refractivity contribution in [3.63, 3.8) is 0 Å². The second-order valence-corrected chi connectivity index (χ2v) is 12.0. The zero-order valence-electron chi connectivity index (χ0n) is 27.5. The van der Waals surface area contributed by atoms with Crippen LogP contribution < -0.4 is 15.1 Å². The fourth-order valence-electron chi connectivity index (χ4n) is 4.35. The van der Waals surface area contributed by atoms with Gasteiger partial charge in [0.25, 0.3) is 10.0 Å². The number of amides is 1. The minimum absolute atomic E-state index is 0.00238. The fourth-order valence-corrected chi connectivity index (χ4v) is 5.63. The summed E-state index contributed by atoms with van der Waals surface area (Å²) in [6.45, 7) is 14.1. The summed E-state index contributed by atoms with van der Waals surface area (Å²) < 4.78 is 34.7. The molecule has 246 valence electrons. The number of aromatic nitrogens is 1. The predicted octanol–water partition coefficient (Wildman–Crippen LogP) is 8.11. The standard InChI is InChI=1S/C23H28N2O4S.C9H11N.C4H7NO/c1-4-16-29-22(5-2)17-12-14-18(15-13-17)24-30(27,28)23-11-7-8-19-20(23)9-6-10-21(19)25(3)26;1-3-8(2)9-4-6-10-7-5-9;1-4(2)5-3-6/h6-15,22,24,26H,4-5,16H2,1-3H3;3-7H,1-2H3;3H,1H2,2H3,(H,5,6)/b;8-3+;. The molecular formula is C36H46N4O5S. The Labute approximate surface area is 273 Å². The summed E-state index contributed by atoms with van der Waals surface area (Å²) in [5.41, 5.74) is 5.25. The summed E-state index contributed by atoms with van der Waals surface area (Å²) in [5.74, 6) is 0. The van der Waals surface area contributed by atoms with Crippen LogP contribution in [0.2, 0.25) is 0 Å². The lowest BCUT2D eigenvalue weighted by atomic mass is 10.1. The van der Waals surface area contributed by atoms with E-state index in [0.717, 1.165) is 23.5 Å². The van der Waals surface area contributed by atoms with Gasteiger partial charge in [-0.05, 0) is 86.7 Å². The molecule has 10 heteroatoms. The van der Waals surface area contributed by atoms with E-state index >= 15 is 0 Å². The molecule has 0 aliphatic carbocycles. The number of anilines is 2. The summed E-state index contributed by atoms with van der Waals surface area (Å²) >= 11 is 0. The number of rotatable bonds is 12. The molecule has 4 aromatic rings. The first kappa shape index (κ1) is 37.7. The average Bonchev–Trinajstić information content (AvgIpc) is 3.05. The van der Waals surface area contributed by atoms with Crippen LogP contribution in [0.25, 0.3) is 16.3 Å². The van der Waals surface area contributed by atoms with Gasteiger partial charge in [0.2, 0.25) is 6.41 Å². The highest BCUT2D eigenvalue weighted by Gasteiger charge is 2.19. The molecule has 1 aromatic heterocycles. The lowest BCUT2D eigenvalue weighted by molar-refractivity contribution is -0.108. The Bertz CT molecular complexity index is 1670. The topological polar surface area (TPSA) is 121 Å². The van der Waals surface area contributed by atoms with Gasteiger partial charge in [-0.15, -0.1) is 0 Å². The van der Waals surface area contributed by atoms with E-state index in [4.69, 9.17) is 4.74 Å². The second-order valence-electron chi connectivity index (χ2n) is 10.4. The molecule has 0 spiro atoms. The van der Waals surface area contributed by atoms with Gasteiger partial charge < -0.3 is 10.1 Å². The van der Waals surface area contributed by atoms with Crippen LogP contribution in [0.1, 0.15) is 64.7 Å². The molecule has 3 N–H and O–H groups in total. The van der Waals surface area contributed by atoms with Crippen LogP contribution in [0.4, 0.5) is 11.4 Å². The van der Waals surface area contributed by atoms with Gasteiger partial charge in [0, 0.05) is 48.2 Å². The number of fused-ring (bicyclic) bond motifs is 1. The van der Waals surface area contributed by atoms with Gasteiger partial charge in [0.1, 0.15) is 0 Å².